The van der Waals surface area contributed by atoms with E-state index < -0.39 is 0 Å². The molecule has 0 radical (unpaired) electrons. The topological polar surface area (TPSA) is 0 Å². The van der Waals surface area contributed by atoms with Gasteiger partial charge in [0, 0.05) is 0 Å². The molecule has 0 N–H and O–H groups in total. The van der Waals surface area contributed by atoms with Gasteiger partial charge in [0.05, 0.1) is 0 Å². The highest BCUT2D eigenvalue weighted by Crippen LogP contribution is 2.34. The standard InChI is InChI=1S/C27H42/c1-5-7-9-11-12-13-15-24-21-25-18-17-23(22(3)4)19-20-27(25)26(24)16-14-10-8-6-2/h17-22H,5-16H2,1-4H3. The Morgan fingerprint density at radius 3 is 1.96 bits per heavy atom. The molecule has 0 bridgehead atoms. The summed E-state index contributed by atoms with van der Waals surface area (Å²) in [7, 11) is 0. The van der Waals surface area contributed by atoms with Crippen molar-refractivity contribution < 1.29 is 0 Å². The third-order valence-corrected chi connectivity index (χ3v) is 6.00. The fraction of sp³-hybridized carbons (Fsp3) is 0.630. The molecule has 150 valence electrons. The average molecular weight is 367 g/mol. The predicted octanol–water partition coefficient (Wildman–Crippen LogP) is 8.94. The third-order valence-electron chi connectivity index (χ3n) is 6.00. The van der Waals surface area contributed by atoms with Crippen LogP contribution in [0.25, 0.3) is 11.1 Å². The van der Waals surface area contributed by atoms with Crippen LogP contribution in [0.4, 0.5) is 0 Å². The summed E-state index contributed by atoms with van der Waals surface area (Å²) in [5.74, 6) is 0.595. The van der Waals surface area contributed by atoms with Gasteiger partial charge in [-0.15, -0.1) is 0 Å². The summed E-state index contributed by atoms with van der Waals surface area (Å²) in [4.78, 5) is 0. The maximum absolute atomic E-state index is 2.50. The van der Waals surface area contributed by atoms with E-state index >= 15 is 0 Å². The molecule has 0 heterocycles. The number of unbranched alkanes of at least 4 members (excludes halogenated alkanes) is 8. The minimum absolute atomic E-state index is 0.595. The minimum Gasteiger partial charge on any atom is -0.0654 e. The lowest BCUT2D eigenvalue weighted by Crippen LogP contribution is -1.93. The van der Waals surface area contributed by atoms with Gasteiger partial charge in [-0.3, -0.25) is 0 Å². The van der Waals surface area contributed by atoms with Gasteiger partial charge in [-0.25, -0.2) is 0 Å². The first-order chi connectivity index (χ1) is 13.2. The Kier molecular flexibility index (Phi) is 9.95. The van der Waals surface area contributed by atoms with E-state index in [1.807, 2.05) is 0 Å². The predicted molar refractivity (Wildman–Crippen MR) is 122 cm³/mol. The Balaban J connectivity index is 2.12. The molecule has 0 aromatic carbocycles. The zero-order valence-corrected chi connectivity index (χ0v) is 18.4. The number of fused-ring (bicyclic) bond motifs is 1. The van der Waals surface area contributed by atoms with Crippen LogP contribution < -0.4 is 0 Å². The molecule has 0 saturated carbocycles. The first kappa shape index (κ1) is 22.0. The van der Waals surface area contributed by atoms with Gasteiger partial charge >= 0.3 is 0 Å². The van der Waals surface area contributed by atoms with Crippen molar-refractivity contribution in [2.24, 2.45) is 0 Å². The van der Waals surface area contributed by atoms with Crippen LogP contribution in [0, 0.1) is 0 Å². The first-order valence-corrected chi connectivity index (χ1v) is 11.7. The summed E-state index contributed by atoms with van der Waals surface area (Å²) in [6.07, 6.45) is 16.2. The van der Waals surface area contributed by atoms with Gasteiger partial charge < -0.3 is 0 Å². The van der Waals surface area contributed by atoms with Crippen molar-refractivity contribution in [3.8, 4) is 11.1 Å². The number of aryl methyl sites for hydroxylation is 1. The maximum Gasteiger partial charge on any atom is -0.0149 e. The fourth-order valence-electron chi connectivity index (χ4n) is 4.18. The van der Waals surface area contributed by atoms with E-state index in [0.29, 0.717) is 5.92 Å². The Morgan fingerprint density at radius 1 is 0.667 bits per heavy atom. The third kappa shape index (κ3) is 6.98. The monoisotopic (exact) mass is 366 g/mol. The molecule has 0 aliphatic heterocycles. The van der Waals surface area contributed by atoms with Crippen molar-refractivity contribution in [2.75, 3.05) is 0 Å². The molecule has 0 atom stereocenters. The molecular formula is C27H42. The van der Waals surface area contributed by atoms with E-state index in [4.69, 9.17) is 0 Å². The van der Waals surface area contributed by atoms with Crippen molar-refractivity contribution in [1.29, 1.82) is 0 Å². The number of rotatable bonds is 13. The van der Waals surface area contributed by atoms with Crippen LogP contribution >= 0.6 is 0 Å². The molecule has 0 aromatic rings. The van der Waals surface area contributed by atoms with Crippen LogP contribution in [0.2, 0.25) is 0 Å². The van der Waals surface area contributed by atoms with E-state index in [1.54, 1.807) is 11.1 Å². The summed E-state index contributed by atoms with van der Waals surface area (Å²) in [5.41, 5.74) is 7.70. The highest BCUT2D eigenvalue weighted by molar-refractivity contribution is 5.73. The Hall–Kier alpha value is -1.30. The largest absolute Gasteiger partial charge is 0.0654 e. The molecule has 0 unspecified atom stereocenters. The second-order valence-electron chi connectivity index (χ2n) is 8.67. The normalized spacial score (nSPS) is 11.6. The van der Waals surface area contributed by atoms with E-state index in [-0.39, 0.29) is 0 Å². The second kappa shape index (κ2) is 12.2. The van der Waals surface area contributed by atoms with Crippen molar-refractivity contribution in [3.63, 3.8) is 0 Å². The highest BCUT2D eigenvalue weighted by atomic mass is 14.2. The lowest BCUT2D eigenvalue weighted by atomic mass is 9.98. The zero-order valence-electron chi connectivity index (χ0n) is 18.4. The summed E-state index contributed by atoms with van der Waals surface area (Å²) in [6, 6.07) is 12.0. The van der Waals surface area contributed by atoms with Crippen LogP contribution in [-0.4, -0.2) is 0 Å². The molecule has 0 heteroatoms. The molecule has 0 fully saturated rings. The Bertz CT molecular complexity index is 622. The SMILES string of the molecule is CCCCCCCCc1cc2ccc(C(C)C)ccc-2c1CCCCCC. The van der Waals surface area contributed by atoms with Crippen LogP contribution in [-0.2, 0) is 12.8 Å². The van der Waals surface area contributed by atoms with Crippen LogP contribution in [0.15, 0.2) is 30.3 Å². The van der Waals surface area contributed by atoms with Crippen LogP contribution in [0.5, 0.6) is 0 Å². The second-order valence-corrected chi connectivity index (χ2v) is 8.67. The van der Waals surface area contributed by atoms with Crippen molar-refractivity contribution in [3.05, 3.63) is 47.0 Å². The lowest BCUT2D eigenvalue weighted by Gasteiger charge is -2.07. The van der Waals surface area contributed by atoms with Gasteiger partial charge in [0.2, 0.25) is 0 Å². The van der Waals surface area contributed by atoms with E-state index in [2.05, 4.69) is 58.0 Å². The molecule has 2 rings (SSSR count). The number of hydrogen-bond acceptors (Lipinski definition) is 0. The maximum atomic E-state index is 2.50. The summed E-state index contributed by atoms with van der Waals surface area (Å²) in [5, 5.41) is 0. The highest BCUT2D eigenvalue weighted by Gasteiger charge is 2.15. The minimum atomic E-state index is 0.595. The Morgan fingerprint density at radius 2 is 1.26 bits per heavy atom. The quantitative estimate of drug-likeness (QED) is 0.310. The molecule has 0 saturated heterocycles. The summed E-state index contributed by atoms with van der Waals surface area (Å²) in [6.45, 7) is 9.17. The van der Waals surface area contributed by atoms with Gasteiger partial charge in [0.15, 0.2) is 0 Å². The number of hydrogen-bond donors (Lipinski definition) is 0. The van der Waals surface area contributed by atoms with Crippen molar-refractivity contribution in [2.45, 2.75) is 111 Å². The average Bonchev–Trinajstić information content (AvgIpc) is 2.83. The van der Waals surface area contributed by atoms with E-state index in [9.17, 15) is 0 Å². The van der Waals surface area contributed by atoms with Crippen LogP contribution in [0.1, 0.15) is 115 Å². The molecular weight excluding hydrogens is 324 g/mol. The zero-order chi connectivity index (χ0) is 19.5. The molecule has 27 heavy (non-hydrogen) atoms. The van der Waals surface area contributed by atoms with E-state index in [1.165, 1.54) is 93.7 Å². The molecule has 0 aromatic heterocycles. The molecule has 0 spiro atoms. The summed E-state index contributed by atoms with van der Waals surface area (Å²) < 4.78 is 0. The smallest absolute Gasteiger partial charge is 0.0149 e. The van der Waals surface area contributed by atoms with Gasteiger partial charge in [0.25, 0.3) is 0 Å². The van der Waals surface area contributed by atoms with Gasteiger partial charge in [-0.2, -0.15) is 0 Å². The van der Waals surface area contributed by atoms with Gasteiger partial charge in [0.1, 0.15) is 0 Å². The van der Waals surface area contributed by atoms with Gasteiger partial charge in [-0.05, 0) is 59.4 Å². The summed E-state index contributed by atoms with van der Waals surface area (Å²) >= 11 is 0. The first-order valence-electron chi connectivity index (χ1n) is 11.7. The molecule has 2 aliphatic rings. The van der Waals surface area contributed by atoms with Crippen LogP contribution in [0.3, 0.4) is 0 Å². The fourth-order valence-corrected chi connectivity index (χ4v) is 4.18. The molecule has 0 nitrogen and oxygen atoms in total. The van der Waals surface area contributed by atoms with Crippen molar-refractivity contribution in [1.82, 2.24) is 0 Å². The Labute approximate surface area is 169 Å². The molecule has 2 aliphatic carbocycles. The van der Waals surface area contributed by atoms with E-state index in [0.717, 1.165) is 0 Å². The van der Waals surface area contributed by atoms with Gasteiger partial charge in [-0.1, -0.05) is 109 Å². The van der Waals surface area contributed by atoms with Crippen molar-refractivity contribution >= 4 is 0 Å². The molecule has 0 amide bonds. The lowest BCUT2D eigenvalue weighted by molar-refractivity contribution is 0.606.